The van der Waals surface area contributed by atoms with Gasteiger partial charge < -0.3 is 50.0 Å². The van der Waals surface area contributed by atoms with Gasteiger partial charge in [-0.05, 0) is 42.0 Å². The van der Waals surface area contributed by atoms with Crippen molar-refractivity contribution in [3.63, 3.8) is 0 Å². The second-order valence-corrected chi connectivity index (χ2v) is 7.30. The van der Waals surface area contributed by atoms with Crippen LogP contribution >= 0.6 is 0 Å². The minimum absolute atomic E-state index is 0.0531. The Labute approximate surface area is 188 Å². The van der Waals surface area contributed by atoms with Crippen molar-refractivity contribution in [3.8, 4) is 23.0 Å². The number of hydrogen-bond acceptors (Lipinski definition) is 11. The van der Waals surface area contributed by atoms with Gasteiger partial charge in [-0.3, -0.25) is 0 Å². The maximum absolute atomic E-state index is 12.1. The highest BCUT2D eigenvalue weighted by atomic mass is 16.7. The molecule has 0 aromatic heterocycles. The zero-order chi connectivity index (χ0) is 24.1. The summed E-state index contributed by atoms with van der Waals surface area (Å²) in [6, 6.07) is 7.85. The molecule has 0 radical (unpaired) electrons. The van der Waals surface area contributed by atoms with Crippen LogP contribution in [0.1, 0.15) is 11.1 Å². The molecule has 1 aliphatic rings. The first kappa shape index (κ1) is 24.3. The van der Waals surface area contributed by atoms with E-state index >= 15 is 0 Å². The van der Waals surface area contributed by atoms with Crippen LogP contribution in [0.25, 0.3) is 6.08 Å². The van der Waals surface area contributed by atoms with Gasteiger partial charge in [0.1, 0.15) is 42.5 Å². The van der Waals surface area contributed by atoms with Gasteiger partial charge in [-0.15, -0.1) is 0 Å². The number of carbonyl (C=O) groups excluding carboxylic acids is 1. The van der Waals surface area contributed by atoms with Gasteiger partial charge in [-0.1, -0.05) is 6.07 Å². The summed E-state index contributed by atoms with van der Waals surface area (Å²) in [5.74, 6) is -1.51. The second kappa shape index (κ2) is 10.5. The van der Waals surface area contributed by atoms with Gasteiger partial charge in [0.25, 0.3) is 0 Å². The quantitative estimate of drug-likeness (QED) is 0.163. The minimum atomic E-state index is -1.64. The number of ether oxygens (including phenoxy) is 3. The lowest BCUT2D eigenvalue weighted by Gasteiger charge is -2.39. The van der Waals surface area contributed by atoms with Crippen LogP contribution in [-0.4, -0.2) is 79.0 Å². The predicted octanol–water partition coefficient (Wildman–Crippen LogP) is -0.261. The van der Waals surface area contributed by atoms with Gasteiger partial charge in [0, 0.05) is 11.6 Å². The summed E-state index contributed by atoms with van der Waals surface area (Å²) in [5.41, 5.74) is 0.641. The van der Waals surface area contributed by atoms with Crippen molar-refractivity contribution >= 4 is 12.0 Å². The first-order valence-corrected chi connectivity index (χ1v) is 9.85. The van der Waals surface area contributed by atoms with Crippen molar-refractivity contribution < 1.29 is 54.8 Å². The third-order valence-corrected chi connectivity index (χ3v) is 4.92. The van der Waals surface area contributed by atoms with Gasteiger partial charge in [-0.25, -0.2) is 4.79 Å². The summed E-state index contributed by atoms with van der Waals surface area (Å²) in [6.07, 6.45) is -5.01. The fourth-order valence-corrected chi connectivity index (χ4v) is 3.09. The third-order valence-electron chi connectivity index (χ3n) is 4.92. The van der Waals surface area contributed by atoms with Crippen molar-refractivity contribution in [3.05, 3.63) is 53.6 Å². The maximum atomic E-state index is 12.1. The van der Waals surface area contributed by atoms with Crippen molar-refractivity contribution in [2.24, 2.45) is 0 Å². The molecular weight excluding hydrogens is 440 g/mol. The monoisotopic (exact) mass is 464 g/mol. The van der Waals surface area contributed by atoms with E-state index in [-0.39, 0.29) is 35.2 Å². The number of phenolic OH excluding ortho intramolecular Hbond substituents is 3. The highest BCUT2D eigenvalue weighted by molar-refractivity contribution is 5.87. The van der Waals surface area contributed by atoms with Crippen molar-refractivity contribution in [2.75, 3.05) is 6.61 Å². The minimum Gasteiger partial charge on any atom is -0.508 e. The van der Waals surface area contributed by atoms with E-state index in [0.717, 1.165) is 6.08 Å². The number of benzene rings is 2. The van der Waals surface area contributed by atoms with Crippen molar-refractivity contribution in [1.29, 1.82) is 0 Å². The number of phenols is 3. The number of aliphatic hydroxyl groups is 4. The number of carbonyl (C=O) groups is 1. The smallest absolute Gasteiger partial charge is 0.331 e. The third kappa shape index (κ3) is 5.92. The Morgan fingerprint density at radius 3 is 2.42 bits per heavy atom. The van der Waals surface area contributed by atoms with Crippen LogP contribution in [0.4, 0.5) is 0 Å². The number of aliphatic hydroxyl groups excluding tert-OH is 4. The Hall–Kier alpha value is -3.35. The first-order chi connectivity index (χ1) is 15.7. The molecule has 2 aromatic carbocycles. The lowest BCUT2D eigenvalue weighted by Crippen LogP contribution is -2.60. The molecule has 178 valence electrons. The fraction of sp³-hybridized carbons (Fsp3) is 0.318. The summed E-state index contributed by atoms with van der Waals surface area (Å²) in [6.45, 7) is -0.971. The van der Waals surface area contributed by atoms with Crippen molar-refractivity contribution in [2.45, 2.75) is 37.3 Å². The van der Waals surface area contributed by atoms with Gasteiger partial charge in [-0.2, -0.15) is 0 Å². The number of rotatable bonds is 7. The summed E-state index contributed by atoms with van der Waals surface area (Å²) in [5, 5.41) is 67.8. The topological polar surface area (TPSA) is 186 Å². The summed E-state index contributed by atoms with van der Waals surface area (Å²) < 4.78 is 16.0. The molecule has 11 heteroatoms. The van der Waals surface area contributed by atoms with Crippen LogP contribution < -0.4 is 4.74 Å². The Morgan fingerprint density at radius 2 is 1.73 bits per heavy atom. The number of hydrogen-bond donors (Lipinski definition) is 7. The van der Waals surface area contributed by atoms with Crippen LogP contribution in [0, 0.1) is 0 Å². The molecule has 0 unspecified atom stereocenters. The lowest BCUT2D eigenvalue weighted by molar-refractivity contribution is -0.277. The molecule has 11 nitrogen and oxygen atoms in total. The standard InChI is InChI=1S/C22H24O11/c23-9-17-19(28)20(29)21(30)22(33-17)32-16-5-3-13(24)8-12(16)10-31-18(27)6-2-11-1-4-14(25)15(26)7-11/h1-8,17,19-26,28-30H,9-10H2/t17-,19-,20+,21-,22-/m1/s1. The lowest BCUT2D eigenvalue weighted by atomic mass is 9.99. The van der Waals surface area contributed by atoms with Gasteiger partial charge in [0.15, 0.2) is 11.5 Å². The molecule has 1 fully saturated rings. The van der Waals surface area contributed by atoms with Crippen molar-refractivity contribution in [1.82, 2.24) is 0 Å². The van der Waals surface area contributed by atoms with E-state index in [1.54, 1.807) is 0 Å². The second-order valence-electron chi connectivity index (χ2n) is 7.30. The normalized spacial score (nSPS) is 25.2. The van der Waals surface area contributed by atoms with Gasteiger partial charge in [0.2, 0.25) is 6.29 Å². The highest BCUT2D eigenvalue weighted by Crippen LogP contribution is 2.29. The molecule has 3 rings (SSSR count). The Morgan fingerprint density at radius 1 is 0.970 bits per heavy atom. The molecule has 5 atom stereocenters. The molecule has 0 saturated carbocycles. The average molecular weight is 464 g/mol. The molecular formula is C22H24O11. The van der Waals surface area contributed by atoms with E-state index in [4.69, 9.17) is 14.2 Å². The summed E-state index contributed by atoms with van der Waals surface area (Å²) >= 11 is 0. The molecule has 0 aliphatic carbocycles. The molecule has 0 bridgehead atoms. The zero-order valence-corrected chi connectivity index (χ0v) is 17.2. The molecule has 7 N–H and O–H groups in total. The Kier molecular flexibility index (Phi) is 7.74. The molecule has 0 amide bonds. The fourth-order valence-electron chi connectivity index (χ4n) is 3.09. The SMILES string of the molecule is O=C(C=Cc1ccc(O)c(O)c1)OCc1cc(O)ccc1O[C@@H]1O[C@H](CO)[C@@H](O)[C@H](O)[C@H]1O. The maximum Gasteiger partial charge on any atom is 0.331 e. The average Bonchev–Trinajstić information content (AvgIpc) is 2.80. The van der Waals surface area contributed by atoms with Crippen LogP contribution in [-0.2, 0) is 20.9 Å². The summed E-state index contributed by atoms with van der Waals surface area (Å²) in [4.78, 5) is 12.1. The number of esters is 1. The summed E-state index contributed by atoms with van der Waals surface area (Å²) in [7, 11) is 0. The molecule has 1 aliphatic heterocycles. The Balaban J connectivity index is 1.67. The number of aromatic hydroxyl groups is 3. The molecule has 1 heterocycles. The van der Waals surface area contributed by atoms with Crippen LogP contribution in [0.2, 0.25) is 0 Å². The molecule has 33 heavy (non-hydrogen) atoms. The van der Waals surface area contributed by atoms with E-state index in [0.29, 0.717) is 5.56 Å². The van der Waals surface area contributed by atoms with Gasteiger partial charge in [0.05, 0.1) is 6.61 Å². The largest absolute Gasteiger partial charge is 0.508 e. The molecule has 1 saturated heterocycles. The van der Waals surface area contributed by atoms with Crippen LogP contribution in [0.15, 0.2) is 42.5 Å². The zero-order valence-electron chi connectivity index (χ0n) is 17.2. The molecule has 0 spiro atoms. The highest BCUT2D eigenvalue weighted by Gasteiger charge is 2.44. The molecule has 2 aromatic rings. The Bertz CT molecular complexity index is 1000. The van der Waals surface area contributed by atoms with E-state index in [9.17, 15) is 40.5 Å². The predicted molar refractivity (Wildman–Crippen MR) is 111 cm³/mol. The van der Waals surface area contributed by atoms with E-state index < -0.39 is 43.3 Å². The van der Waals surface area contributed by atoms with E-state index in [1.807, 2.05) is 0 Å². The van der Waals surface area contributed by atoms with E-state index in [1.165, 1.54) is 42.5 Å². The van der Waals surface area contributed by atoms with Gasteiger partial charge >= 0.3 is 5.97 Å². The van der Waals surface area contributed by atoms with Crippen LogP contribution in [0.5, 0.6) is 23.0 Å². The van der Waals surface area contributed by atoms with E-state index in [2.05, 4.69) is 0 Å². The van der Waals surface area contributed by atoms with Crippen LogP contribution in [0.3, 0.4) is 0 Å². The first-order valence-electron chi connectivity index (χ1n) is 9.85.